The standard InChI is InChI=1S/C14H15ClFNO2/c1-19-12(18)11(17)14-5-13(6-14,7-14)8-2-3-9(15)10(16)4-8/h2-4,11H,5-7,17H2,1H3. The van der Waals surface area contributed by atoms with Gasteiger partial charge in [-0.05, 0) is 47.8 Å². The predicted octanol–water partition coefficient (Wildman–Crippen LogP) is 2.40. The summed E-state index contributed by atoms with van der Waals surface area (Å²) in [4.78, 5) is 11.5. The van der Waals surface area contributed by atoms with Gasteiger partial charge < -0.3 is 10.5 Å². The summed E-state index contributed by atoms with van der Waals surface area (Å²) in [6.45, 7) is 0. The second-order valence-corrected chi connectivity index (χ2v) is 6.21. The maximum atomic E-state index is 13.5. The van der Waals surface area contributed by atoms with Crippen LogP contribution >= 0.6 is 11.6 Å². The summed E-state index contributed by atoms with van der Waals surface area (Å²) in [5, 5.41) is 0.135. The van der Waals surface area contributed by atoms with Gasteiger partial charge in [0.05, 0.1) is 12.1 Å². The molecule has 0 saturated heterocycles. The third-order valence-corrected chi connectivity index (χ3v) is 5.02. The van der Waals surface area contributed by atoms with E-state index in [0.717, 1.165) is 24.8 Å². The molecule has 2 bridgehead atoms. The number of hydrogen-bond donors (Lipinski definition) is 1. The predicted molar refractivity (Wildman–Crippen MR) is 69.4 cm³/mol. The summed E-state index contributed by atoms with van der Waals surface area (Å²) in [6.07, 6.45) is 2.45. The Morgan fingerprint density at radius 3 is 2.63 bits per heavy atom. The zero-order valence-electron chi connectivity index (χ0n) is 10.6. The Bertz CT molecular complexity index is 541. The number of carbonyl (C=O) groups excluding carboxylic acids is 1. The SMILES string of the molecule is COC(=O)C(N)C12CC(c3ccc(Cl)c(F)c3)(C1)C2. The van der Waals surface area contributed by atoms with Gasteiger partial charge in [0.25, 0.3) is 0 Å². The monoisotopic (exact) mass is 283 g/mol. The molecule has 3 aliphatic carbocycles. The molecule has 5 heteroatoms. The molecule has 0 aromatic heterocycles. The smallest absolute Gasteiger partial charge is 0.323 e. The second-order valence-electron chi connectivity index (χ2n) is 5.80. The molecule has 102 valence electrons. The molecule has 0 spiro atoms. The summed E-state index contributed by atoms with van der Waals surface area (Å²) in [7, 11) is 1.35. The van der Waals surface area contributed by atoms with Crippen LogP contribution in [-0.2, 0) is 14.9 Å². The Morgan fingerprint density at radius 1 is 1.47 bits per heavy atom. The zero-order valence-corrected chi connectivity index (χ0v) is 11.3. The number of ether oxygens (including phenoxy) is 1. The highest BCUT2D eigenvalue weighted by Crippen LogP contribution is 2.74. The van der Waals surface area contributed by atoms with Crippen LogP contribution in [0.1, 0.15) is 24.8 Å². The molecular weight excluding hydrogens is 269 g/mol. The van der Waals surface area contributed by atoms with Crippen LogP contribution in [0.5, 0.6) is 0 Å². The minimum atomic E-state index is -0.573. The average molecular weight is 284 g/mol. The number of carbonyl (C=O) groups is 1. The molecule has 3 fully saturated rings. The van der Waals surface area contributed by atoms with Crippen molar-refractivity contribution in [2.45, 2.75) is 30.7 Å². The van der Waals surface area contributed by atoms with E-state index in [2.05, 4.69) is 0 Å². The van der Waals surface area contributed by atoms with Gasteiger partial charge in [-0.2, -0.15) is 0 Å². The Hall–Kier alpha value is -1.13. The van der Waals surface area contributed by atoms with E-state index < -0.39 is 11.9 Å². The summed E-state index contributed by atoms with van der Waals surface area (Å²) >= 11 is 5.69. The van der Waals surface area contributed by atoms with Gasteiger partial charge >= 0.3 is 5.97 Å². The van der Waals surface area contributed by atoms with Crippen molar-refractivity contribution in [3.8, 4) is 0 Å². The van der Waals surface area contributed by atoms with Crippen LogP contribution in [0, 0.1) is 11.2 Å². The van der Waals surface area contributed by atoms with Crippen LogP contribution in [0.2, 0.25) is 5.02 Å². The molecule has 3 saturated carbocycles. The highest BCUT2D eigenvalue weighted by Gasteiger charge is 2.71. The Morgan fingerprint density at radius 2 is 2.11 bits per heavy atom. The van der Waals surface area contributed by atoms with Crippen molar-refractivity contribution in [1.29, 1.82) is 0 Å². The summed E-state index contributed by atoms with van der Waals surface area (Å²) in [5.74, 6) is -0.759. The molecule has 19 heavy (non-hydrogen) atoms. The van der Waals surface area contributed by atoms with Crippen molar-refractivity contribution >= 4 is 17.6 Å². The van der Waals surface area contributed by atoms with Crippen molar-refractivity contribution in [3.63, 3.8) is 0 Å². The van der Waals surface area contributed by atoms with E-state index in [-0.39, 0.29) is 21.8 Å². The number of halogens is 2. The lowest BCUT2D eigenvalue weighted by Crippen LogP contribution is -2.72. The van der Waals surface area contributed by atoms with Gasteiger partial charge in [0.1, 0.15) is 11.9 Å². The van der Waals surface area contributed by atoms with Crippen LogP contribution in [0.4, 0.5) is 4.39 Å². The van der Waals surface area contributed by atoms with E-state index in [0.29, 0.717) is 0 Å². The first kappa shape index (κ1) is 12.9. The fourth-order valence-electron chi connectivity index (χ4n) is 3.71. The van der Waals surface area contributed by atoms with Gasteiger partial charge in [-0.3, -0.25) is 4.79 Å². The van der Waals surface area contributed by atoms with Gasteiger partial charge in [0.15, 0.2) is 0 Å². The number of benzene rings is 1. The first-order valence-corrected chi connectivity index (χ1v) is 6.59. The van der Waals surface area contributed by atoms with E-state index in [4.69, 9.17) is 22.1 Å². The van der Waals surface area contributed by atoms with Crippen LogP contribution in [0.3, 0.4) is 0 Å². The first-order valence-electron chi connectivity index (χ1n) is 6.21. The Balaban J connectivity index is 1.76. The molecule has 0 amide bonds. The maximum Gasteiger partial charge on any atom is 0.323 e. The topological polar surface area (TPSA) is 52.3 Å². The van der Waals surface area contributed by atoms with Gasteiger partial charge in [0, 0.05) is 0 Å². The molecule has 0 heterocycles. The van der Waals surface area contributed by atoms with E-state index in [1.165, 1.54) is 13.2 Å². The molecular formula is C14H15ClFNO2. The lowest BCUT2D eigenvalue weighted by Gasteiger charge is -2.72. The van der Waals surface area contributed by atoms with Gasteiger partial charge in [-0.25, -0.2) is 4.39 Å². The number of rotatable bonds is 3. The van der Waals surface area contributed by atoms with Crippen LogP contribution in [0.15, 0.2) is 18.2 Å². The van der Waals surface area contributed by atoms with Crippen molar-refractivity contribution in [2.75, 3.05) is 7.11 Å². The molecule has 4 rings (SSSR count). The highest BCUT2D eigenvalue weighted by molar-refractivity contribution is 6.30. The molecule has 0 radical (unpaired) electrons. The van der Waals surface area contributed by atoms with Gasteiger partial charge in [0.2, 0.25) is 0 Å². The Labute approximate surface area is 115 Å². The number of hydrogen-bond acceptors (Lipinski definition) is 3. The molecule has 1 aromatic rings. The van der Waals surface area contributed by atoms with Crippen LogP contribution < -0.4 is 5.73 Å². The van der Waals surface area contributed by atoms with Gasteiger partial charge in [-0.15, -0.1) is 0 Å². The van der Waals surface area contributed by atoms with Crippen molar-refractivity contribution < 1.29 is 13.9 Å². The molecule has 3 nitrogen and oxygen atoms in total. The van der Waals surface area contributed by atoms with Crippen molar-refractivity contribution in [1.82, 2.24) is 0 Å². The Kier molecular flexibility index (Phi) is 2.67. The van der Waals surface area contributed by atoms with Crippen molar-refractivity contribution in [2.24, 2.45) is 11.1 Å². The lowest BCUT2D eigenvalue weighted by atomic mass is 9.31. The number of methoxy groups -OCH3 is 1. The molecule has 1 aromatic carbocycles. The van der Waals surface area contributed by atoms with Gasteiger partial charge in [-0.1, -0.05) is 17.7 Å². The summed E-state index contributed by atoms with van der Waals surface area (Å²) in [5.41, 5.74) is 6.71. The van der Waals surface area contributed by atoms with Crippen LogP contribution in [0.25, 0.3) is 0 Å². The minimum Gasteiger partial charge on any atom is -0.468 e. The second kappa shape index (κ2) is 3.93. The molecule has 2 N–H and O–H groups in total. The van der Waals surface area contributed by atoms with E-state index in [9.17, 15) is 9.18 Å². The summed E-state index contributed by atoms with van der Waals surface area (Å²) < 4.78 is 18.2. The number of nitrogens with two attached hydrogens (primary N) is 1. The fourth-order valence-corrected chi connectivity index (χ4v) is 3.82. The quantitative estimate of drug-likeness (QED) is 0.867. The largest absolute Gasteiger partial charge is 0.468 e. The normalized spacial score (nSPS) is 33.1. The minimum absolute atomic E-state index is 0.0168. The zero-order chi connectivity index (χ0) is 13.8. The molecule has 0 aliphatic heterocycles. The highest BCUT2D eigenvalue weighted by atomic mass is 35.5. The third-order valence-electron chi connectivity index (χ3n) is 4.72. The van der Waals surface area contributed by atoms with Crippen molar-refractivity contribution in [3.05, 3.63) is 34.6 Å². The average Bonchev–Trinajstić information content (AvgIpc) is 2.29. The number of esters is 1. The fraction of sp³-hybridized carbons (Fsp3) is 0.500. The molecule has 3 aliphatic rings. The van der Waals surface area contributed by atoms with E-state index >= 15 is 0 Å². The van der Waals surface area contributed by atoms with E-state index in [1.54, 1.807) is 6.07 Å². The van der Waals surface area contributed by atoms with Crippen LogP contribution in [-0.4, -0.2) is 19.1 Å². The first-order chi connectivity index (χ1) is 8.92. The summed E-state index contributed by atoms with van der Waals surface area (Å²) in [6, 6.07) is 4.36. The lowest BCUT2D eigenvalue weighted by molar-refractivity contribution is -0.181. The maximum absolute atomic E-state index is 13.5. The molecule has 1 unspecified atom stereocenters. The van der Waals surface area contributed by atoms with E-state index in [1.807, 2.05) is 6.07 Å². The third kappa shape index (κ3) is 1.63. The molecule has 1 atom stereocenters.